The van der Waals surface area contributed by atoms with Crippen molar-refractivity contribution >= 4 is 21.4 Å². The minimum absolute atomic E-state index is 0.0202. The Bertz CT molecular complexity index is 758. The number of cyclic esters (lactones) is 1. The second-order valence-corrected chi connectivity index (χ2v) is 8.26. The summed E-state index contributed by atoms with van der Waals surface area (Å²) in [5.41, 5.74) is 1.43. The topological polar surface area (TPSA) is 69.7 Å². The van der Waals surface area contributed by atoms with E-state index in [1.54, 1.807) is 19.1 Å². The van der Waals surface area contributed by atoms with E-state index in [4.69, 9.17) is 9.47 Å². The Hall–Kier alpha value is -1.82. The van der Waals surface area contributed by atoms with Crippen molar-refractivity contribution in [1.82, 2.24) is 0 Å². The van der Waals surface area contributed by atoms with E-state index in [1.165, 1.54) is 12.1 Å². The largest absolute Gasteiger partial charge is 0.483 e. The second-order valence-electron chi connectivity index (χ2n) is 6.25. The maximum absolute atomic E-state index is 12.1. The van der Waals surface area contributed by atoms with E-state index in [-0.39, 0.29) is 16.8 Å². The Morgan fingerprint density at radius 3 is 2.20 bits per heavy atom. The van der Waals surface area contributed by atoms with Crippen LogP contribution in [0.25, 0.3) is 5.57 Å². The first-order chi connectivity index (χ1) is 11.8. The molecule has 138 valence electrons. The predicted octanol–water partition coefficient (Wildman–Crippen LogP) is 3.59. The first-order valence-corrected chi connectivity index (χ1v) is 10.6. The molecule has 0 N–H and O–H groups in total. The molecule has 1 saturated carbocycles. The van der Waals surface area contributed by atoms with Gasteiger partial charge in [0, 0.05) is 11.8 Å². The highest BCUT2D eigenvalue weighted by Gasteiger charge is 2.38. The average Bonchev–Trinajstić information content (AvgIpc) is 3.36. The van der Waals surface area contributed by atoms with Gasteiger partial charge in [0.1, 0.15) is 6.10 Å². The first kappa shape index (κ1) is 19.5. The molecule has 6 heteroatoms. The lowest BCUT2D eigenvalue weighted by Gasteiger charge is -2.14. The summed E-state index contributed by atoms with van der Waals surface area (Å²) in [6.45, 7) is 7.75. The van der Waals surface area contributed by atoms with Gasteiger partial charge in [0.15, 0.2) is 9.84 Å². The van der Waals surface area contributed by atoms with E-state index < -0.39 is 21.9 Å². The van der Waals surface area contributed by atoms with Gasteiger partial charge < -0.3 is 9.47 Å². The summed E-state index contributed by atoms with van der Waals surface area (Å²) in [6, 6.07) is 6.45. The zero-order chi connectivity index (χ0) is 18.8. The molecule has 0 bridgehead atoms. The second kappa shape index (κ2) is 7.60. The van der Waals surface area contributed by atoms with Crippen LogP contribution in [0.15, 0.2) is 34.9 Å². The van der Waals surface area contributed by atoms with Crippen molar-refractivity contribution in [2.45, 2.75) is 57.6 Å². The fourth-order valence-electron chi connectivity index (χ4n) is 2.77. The number of esters is 1. The molecule has 3 rings (SSSR count). The van der Waals surface area contributed by atoms with E-state index in [9.17, 15) is 13.2 Å². The first-order valence-electron chi connectivity index (χ1n) is 8.69. The van der Waals surface area contributed by atoms with Crippen molar-refractivity contribution in [1.29, 1.82) is 0 Å². The molecule has 0 spiro atoms. The molecule has 2 atom stereocenters. The molecule has 25 heavy (non-hydrogen) atoms. The summed E-state index contributed by atoms with van der Waals surface area (Å²) in [7, 11) is -3.25. The Labute approximate surface area is 149 Å². The fraction of sp³-hybridized carbons (Fsp3) is 0.526. The Kier molecular flexibility index (Phi) is 5.93. The van der Waals surface area contributed by atoms with Gasteiger partial charge in [0.2, 0.25) is 5.76 Å². The lowest BCUT2D eigenvalue weighted by atomic mass is 10.0. The highest BCUT2D eigenvalue weighted by atomic mass is 32.2. The molecule has 0 saturated heterocycles. The molecule has 1 aromatic rings. The van der Waals surface area contributed by atoms with Crippen molar-refractivity contribution in [3.05, 3.63) is 35.6 Å². The summed E-state index contributed by atoms with van der Waals surface area (Å²) in [6.07, 6.45) is 2.98. The number of carbonyl (C=O) groups is 1. The Morgan fingerprint density at radius 1 is 1.16 bits per heavy atom. The van der Waals surface area contributed by atoms with Gasteiger partial charge in [-0.2, -0.15) is 0 Å². The van der Waals surface area contributed by atoms with Crippen LogP contribution >= 0.6 is 0 Å². The number of carbonyl (C=O) groups excluding carboxylic acids is 1. The molecule has 1 aromatic carbocycles. The molecular weight excluding hydrogens is 340 g/mol. The third kappa shape index (κ3) is 4.42. The predicted molar refractivity (Wildman–Crippen MR) is 96.6 cm³/mol. The van der Waals surface area contributed by atoms with Crippen LogP contribution < -0.4 is 0 Å². The van der Waals surface area contributed by atoms with Crippen LogP contribution in [0.2, 0.25) is 0 Å². The minimum atomic E-state index is -3.25. The van der Waals surface area contributed by atoms with Crippen molar-refractivity contribution in [2.75, 3.05) is 6.26 Å². The minimum Gasteiger partial charge on any atom is -0.483 e. The lowest BCUT2D eigenvalue weighted by molar-refractivity contribution is -0.143. The Balaban J connectivity index is 0.00000109. The summed E-state index contributed by atoms with van der Waals surface area (Å²) in [5.74, 6) is 0.302. The molecule has 0 amide bonds. The van der Waals surface area contributed by atoms with Gasteiger partial charge in [-0.15, -0.1) is 0 Å². The number of hydrogen-bond acceptors (Lipinski definition) is 5. The molecule has 0 radical (unpaired) electrons. The van der Waals surface area contributed by atoms with Crippen LogP contribution in [0.5, 0.6) is 0 Å². The molecule has 0 aromatic heterocycles. The van der Waals surface area contributed by atoms with Crippen molar-refractivity contribution in [3.63, 3.8) is 0 Å². The zero-order valence-corrected chi connectivity index (χ0v) is 16.2. The zero-order valence-electron chi connectivity index (χ0n) is 15.4. The van der Waals surface area contributed by atoms with Crippen molar-refractivity contribution in [3.8, 4) is 0 Å². The van der Waals surface area contributed by atoms with Crippen LogP contribution in [0.1, 0.15) is 46.1 Å². The maximum atomic E-state index is 12.1. The van der Waals surface area contributed by atoms with Gasteiger partial charge in [-0.25, -0.2) is 13.2 Å². The van der Waals surface area contributed by atoms with Crippen LogP contribution in [0.4, 0.5) is 0 Å². The van der Waals surface area contributed by atoms with Crippen LogP contribution in [-0.4, -0.2) is 32.9 Å². The van der Waals surface area contributed by atoms with Crippen molar-refractivity contribution in [2.24, 2.45) is 5.92 Å². The number of sulfone groups is 1. The summed E-state index contributed by atoms with van der Waals surface area (Å²) in [5, 5.41) is 0. The van der Waals surface area contributed by atoms with E-state index in [2.05, 4.69) is 0 Å². The number of rotatable bonds is 5. The van der Waals surface area contributed by atoms with Gasteiger partial charge >= 0.3 is 5.97 Å². The SMILES string of the molecule is CC.CC1OC(=O)C(OC(C)C2CC2)=C1c1ccc(S(C)(=O)=O)cc1. The smallest absolute Gasteiger partial charge is 0.374 e. The molecule has 2 unspecified atom stereocenters. The molecule has 1 aliphatic carbocycles. The maximum Gasteiger partial charge on any atom is 0.374 e. The van der Waals surface area contributed by atoms with E-state index >= 15 is 0 Å². The third-order valence-corrected chi connectivity index (χ3v) is 5.43. The number of hydrogen-bond donors (Lipinski definition) is 0. The van der Waals surface area contributed by atoms with Gasteiger partial charge in [-0.3, -0.25) is 0 Å². The van der Waals surface area contributed by atoms with Gasteiger partial charge in [-0.1, -0.05) is 26.0 Å². The molecule has 1 heterocycles. The lowest BCUT2D eigenvalue weighted by Crippen LogP contribution is -2.14. The normalized spacial score (nSPS) is 21.3. The Morgan fingerprint density at radius 2 is 1.72 bits per heavy atom. The van der Waals surface area contributed by atoms with Gasteiger partial charge in [0.25, 0.3) is 0 Å². The van der Waals surface area contributed by atoms with Crippen LogP contribution in [0, 0.1) is 5.92 Å². The van der Waals surface area contributed by atoms with Crippen LogP contribution in [0.3, 0.4) is 0 Å². The summed E-state index contributed by atoms with van der Waals surface area (Å²) >= 11 is 0. The summed E-state index contributed by atoms with van der Waals surface area (Å²) < 4.78 is 34.3. The van der Waals surface area contributed by atoms with Crippen LogP contribution in [-0.2, 0) is 24.1 Å². The molecule has 1 fully saturated rings. The number of benzene rings is 1. The monoisotopic (exact) mass is 366 g/mol. The van der Waals surface area contributed by atoms with E-state index in [0.29, 0.717) is 11.5 Å². The van der Waals surface area contributed by atoms with Crippen molar-refractivity contribution < 1.29 is 22.7 Å². The highest BCUT2D eigenvalue weighted by Crippen LogP contribution is 2.38. The fourth-order valence-corrected chi connectivity index (χ4v) is 3.40. The molecular formula is C19H26O5S. The third-order valence-electron chi connectivity index (χ3n) is 4.30. The van der Waals surface area contributed by atoms with Gasteiger partial charge in [-0.05, 0) is 50.3 Å². The summed E-state index contributed by atoms with van der Waals surface area (Å²) in [4.78, 5) is 12.3. The standard InChI is InChI=1S/C17H20O5S.C2H6/c1-10(12-4-5-12)21-16-15(11(2)22-17(16)18)13-6-8-14(9-7-13)23(3,19)20;1-2/h6-12H,4-5H2,1-3H3;1-2H3. The van der Waals surface area contributed by atoms with Gasteiger partial charge in [0.05, 0.1) is 11.0 Å². The molecule has 1 aliphatic heterocycles. The molecule has 2 aliphatic rings. The molecule has 5 nitrogen and oxygen atoms in total. The van der Waals surface area contributed by atoms with E-state index in [1.807, 2.05) is 20.8 Å². The van der Waals surface area contributed by atoms with E-state index in [0.717, 1.165) is 24.7 Å². The number of ether oxygens (including phenoxy) is 2. The quantitative estimate of drug-likeness (QED) is 0.745. The average molecular weight is 366 g/mol. The highest BCUT2D eigenvalue weighted by molar-refractivity contribution is 7.90.